The van der Waals surface area contributed by atoms with Gasteiger partial charge in [-0.05, 0) is 81.3 Å². The highest BCUT2D eigenvalue weighted by molar-refractivity contribution is 6.36. The molecule has 0 saturated carbocycles. The number of nitrogens with one attached hydrogen (secondary N) is 1. The molecule has 0 spiro atoms. The van der Waals surface area contributed by atoms with E-state index in [0.717, 1.165) is 13.1 Å². The van der Waals surface area contributed by atoms with Crippen molar-refractivity contribution in [3.8, 4) is 0 Å². The topological polar surface area (TPSA) is 49.0 Å². The van der Waals surface area contributed by atoms with Crippen LogP contribution in [0.5, 0.6) is 0 Å². The van der Waals surface area contributed by atoms with Crippen molar-refractivity contribution in [2.45, 2.75) is 117 Å². The number of ether oxygens (including phenoxy) is 4. The van der Waals surface area contributed by atoms with Crippen molar-refractivity contribution < 1.29 is 18.9 Å². The van der Waals surface area contributed by atoms with Crippen molar-refractivity contribution in [3.63, 3.8) is 0 Å². The van der Waals surface area contributed by atoms with Crippen LogP contribution in [0.25, 0.3) is 0 Å². The van der Waals surface area contributed by atoms with E-state index < -0.39 is 0 Å². The van der Waals surface area contributed by atoms with Gasteiger partial charge in [0.15, 0.2) is 0 Å². The van der Waals surface area contributed by atoms with E-state index in [2.05, 4.69) is 60.7 Å². The Hall–Kier alpha value is 0.234. The molecular formula is C20H47NO4Si2. The third-order valence-electron chi connectivity index (χ3n) is 3.78. The van der Waals surface area contributed by atoms with Gasteiger partial charge in [-0.3, -0.25) is 0 Å². The first-order valence-electron chi connectivity index (χ1n) is 11.0. The lowest BCUT2D eigenvalue weighted by atomic mass is 10.4. The van der Waals surface area contributed by atoms with E-state index >= 15 is 0 Å². The predicted octanol–water partition coefficient (Wildman–Crippen LogP) is 2.80. The normalized spacial score (nSPS) is 13.6. The van der Waals surface area contributed by atoms with Crippen LogP contribution in [-0.2, 0) is 18.9 Å². The Bertz CT molecular complexity index is 281. The van der Waals surface area contributed by atoms with Crippen LogP contribution in [0, 0.1) is 0 Å². The van der Waals surface area contributed by atoms with Crippen molar-refractivity contribution in [2.24, 2.45) is 0 Å². The summed E-state index contributed by atoms with van der Waals surface area (Å²) in [7, 11) is -0.695. The summed E-state index contributed by atoms with van der Waals surface area (Å²) in [5.74, 6) is 0.129. The molecule has 0 unspecified atom stereocenters. The van der Waals surface area contributed by atoms with Crippen molar-refractivity contribution in [3.05, 3.63) is 0 Å². The maximum atomic E-state index is 5.90. The van der Waals surface area contributed by atoms with Crippen LogP contribution >= 0.6 is 0 Å². The highest BCUT2D eigenvalue weighted by atomic mass is 28.2. The SMILES string of the molecule is CC(C)OC(OC(C)C)[SiH2]CCCNCCC[SiH2]C(OC(C)C)OC(C)C. The minimum atomic E-state index is -0.348. The van der Waals surface area contributed by atoms with Crippen LogP contribution in [0.15, 0.2) is 0 Å². The molecule has 7 heteroatoms. The van der Waals surface area contributed by atoms with E-state index in [4.69, 9.17) is 18.9 Å². The lowest BCUT2D eigenvalue weighted by Gasteiger charge is -2.23. The molecule has 164 valence electrons. The van der Waals surface area contributed by atoms with Gasteiger partial charge in [0, 0.05) is 0 Å². The van der Waals surface area contributed by atoms with Gasteiger partial charge in [0.25, 0.3) is 0 Å². The fourth-order valence-corrected chi connectivity index (χ4v) is 6.63. The molecule has 0 bridgehead atoms. The summed E-state index contributed by atoms with van der Waals surface area (Å²) in [6.45, 7) is 18.9. The first-order valence-corrected chi connectivity index (χ1v) is 14.7. The Labute approximate surface area is 173 Å². The molecule has 0 amide bonds. The van der Waals surface area contributed by atoms with Gasteiger partial charge in [0.05, 0.1) is 43.5 Å². The third-order valence-corrected chi connectivity index (χ3v) is 7.31. The van der Waals surface area contributed by atoms with Crippen LogP contribution in [0.1, 0.15) is 68.2 Å². The molecule has 0 saturated heterocycles. The molecule has 0 aromatic rings. The quantitative estimate of drug-likeness (QED) is 0.209. The Morgan fingerprint density at radius 2 is 0.852 bits per heavy atom. The van der Waals surface area contributed by atoms with Gasteiger partial charge < -0.3 is 24.3 Å². The molecule has 5 nitrogen and oxygen atoms in total. The Morgan fingerprint density at radius 1 is 0.556 bits per heavy atom. The van der Waals surface area contributed by atoms with Crippen LogP contribution in [0.4, 0.5) is 0 Å². The van der Waals surface area contributed by atoms with Gasteiger partial charge in [-0.25, -0.2) is 0 Å². The summed E-state index contributed by atoms with van der Waals surface area (Å²) >= 11 is 0. The van der Waals surface area contributed by atoms with E-state index in [9.17, 15) is 0 Å². The van der Waals surface area contributed by atoms with Crippen molar-refractivity contribution in [1.82, 2.24) is 5.32 Å². The first kappa shape index (κ1) is 27.2. The summed E-state index contributed by atoms with van der Waals surface area (Å²) in [6, 6.07) is 2.52. The Balaban J connectivity index is 3.72. The monoisotopic (exact) mass is 421 g/mol. The molecule has 0 aliphatic rings. The van der Waals surface area contributed by atoms with Crippen LogP contribution < -0.4 is 5.32 Å². The smallest absolute Gasteiger partial charge is 0.135 e. The summed E-state index contributed by atoms with van der Waals surface area (Å²) in [6.07, 6.45) is 3.41. The molecule has 1 N–H and O–H groups in total. The second kappa shape index (κ2) is 17.1. The maximum Gasteiger partial charge on any atom is 0.135 e. The van der Waals surface area contributed by atoms with E-state index in [-0.39, 0.29) is 55.3 Å². The zero-order chi connectivity index (χ0) is 20.7. The standard InChI is InChI=1S/C20H47NO4Si2/c1-15(2)22-19(23-16(3)4)26-13-9-11-21-12-10-14-27-20(24-17(5)6)25-18(7)8/h15-21H,9-14,26-27H2,1-8H3. The number of hydrogen-bond acceptors (Lipinski definition) is 5. The second-order valence-corrected chi connectivity index (χ2v) is 12.2. The maximum absolute atomic E-state index is 5.90. The first-order chi connectivity index (χ1) is 12.7. The minimum Gasteiger partial charge on any atom is -0.354 e. The van der Waals surface area contributed by atoms with Crippen molar-refractivity contribution in [1.29, 1.82) is 0 Å². The van der Waals surface area contributed by atoms with Gasteiger partial charge in [0.2, 0.25) is 0 Å². The Morgan fingerprint density at radius 3 is 1.11 bits per heavy atom. The highest BCUT2D eigenvalue weighted by Gasteiger charge is 2.14. The summed E-state index contributed by atoms with van der Waals surface area (Å²) in [5, 5.41) is 3.58. The molecule has 0 heterocycles. The zero-order valence-corrected chi connectivity index (χ0v) is 22.1. The lowest BCUT2D eigenvalue weighted by molar-refractivity contribution is -0.134. The van der Waals surface area contributed by atoms with E-state index in [1.54, 1.807) is 0 Å². The summed E-state index contributed by atoms with van der Waals surface area (Å²) < 4.78 is 23.6. The van der Waals surface area contributed by atoms with Crippen LogP contribution in [0.3, 0.4) is 0 Å². The molecule has 0 atom stereocenters. The molecule has 0 aromatic heterocycles. The van der Waals surface area contributed by atoms with Crippen LogP contribution in [-0.4, -0.2) is 68.4 Å². The molecular weight excluding hydrogens is 374 g/mol. The third kappa shape index (κ3) is 19.3. The number of hydrogen-bond donors (Lipinski definition) is 1. The minimum absolute atomic E-state index is 0.0647. The van der Waals surface area contributed by atoms with E-state index in [0.29, 0.717) is 0 Å². The number of rotatable bonds is 18. The van der Waals surface area contributed by atoms with Gasteiger partial charge in [0.1, 0.15) is 11.8 Å². The lowest BCUT2D eigenvalue weighted by Crippen LogP contribution is -2.31. The highest BCUT2D eigenvalue weighted by Crippen LogP contribution is 2.07. The summed E-state index contributed by atoms with van der Waals surface area (Å²) in [5.41, 5.74) is 0. The predicted molar refractivity (Wildman–Crippen MR) is 121 cm³/mol. The summed E-state index contributed by atoms with van der Waals surface area (Å²) in [4.78, 5) is 0. The molecule has 0 rings (SSSR count). The van der Waals surface area contributed by atoms with Gasteiger partial charge in [-0.1, -0.05) is 12.1 Å². The van der Waals surface area contributed by atoms with Gasteiger partial charge >= 0.3 is 0 Å². The molecule has 0 aliphatic carbocycles. The molecule has 0 fully saturated rings. The average Bonchev–Trinajstić information content (AvgIpc) is 2.50. The van der Waals surface area contributed by atoms with Gasteiger partial charge in [-0.15, -0.1) is 0 Å². The fourth-order valence-electron chi connectivity index (χ4n) is 2.80. The fraction of sp³-hybridized carbons (Fsp3) is 1.00. The second-order valence-electron chi connectivity index (χ2n) is 8.34. The zero-order valence-electron chi connectivity index (χ0n) is 19.3. The molecule has 27 heavy (non-hydrogen) atoms. The largest absolute Gasteiger partial charge is 0.354 e. The molecule has 0 aliphatic heterocycles. The van der Waals surface area contributed by atoms with Crippen molar-refractivity contribution in [2.75, 3.05) is 13.1 Å². The molecule has 0 radical (unpaired) electrons. The van der Waals surface area contributed by atoms with E-state index in [1.807, 2.05) is 0 Å². The van der Waals surface area contributed by atoms with E-state index in [1.165, 1.54) is 24.9 Å². The molecule has 0 aromatic carbocycles. The van der Waals surface area contributed by atoms with Gasteiger partial charge in [-0.2, -0.15) is 0 Å². The van der Waals surface area contributed by atoms with Crippen LogP contribution in [0.2, 0.25) is 12.1 Å². The Kier molecular flexibility index (Phi) is 17.3. The average molecular weight is 422 g/mol. The van der Waals surface area contributed by atoms with Crippen molar-refractivity contribution >= 4 is 19.0 Å².